The third-order valence-corrected chi connectivity index (χ3v) is 3.53. The van der Waals surface area contributed by atoms with Crippen LogP contribution in [0.5, 0.6) is 5.75 Å². The first-order valence-electron chi connectivity index (χ1n) is 7.46. The minimum absolute atomic E-state index is 0.562. The Balaban J connectivity index is 1.61. The van der Waals surface area contributed by atoms with Gasteiger partial charge in [0.15, 0.2) is 0 Å². The van der Waals surface area contributed by atoms with Gasteiger partial charge in [-0.05, 0) is 48.4 Å². The van der Waals surface area contributed by atoms with Crippen LogP contribution in [0.3, 0.4) is 0 Å². The van der Waals surface area contributed by atoms with E-state index in [1.807, 2.05) is 67.6 Å². The molecule has 0 saturated carbocycles. The second-order valence-electron chi connectivity index (χ2n) is 5.35. The van der Waals surface area contributed by atoms with Crippen molar-refractivity contribution in [2.45, 2.75) is 13.5 Å². The molecule has 116 valence electrons. The molecule has 0 radical (unpaired) electrons. The number of rotatable bonds is 5. The number of nitrogens with zero attached hydrogens (tertiary/aromatic N) is 1. The standard InChI is InChI=1S/C19H19N3O/c1-14-11-19(21-12-18(14)20)22-16-7-9-17(10-8-16)23-13-15-5-3-2-4-6-15/h2-12H,13,20H2,1H3,(H,21,22). The average molecular weight is 305 g/mol. The van der Waals surface area contributed by atoms with Crippen LogP contribution in [0, 0.1) is 6.92 Å². The summed E-state index contributed by atoms with van der Waals surface area (Å²) in [5, 5.41) is 3.25. The van der Waals surface area contributed by atoms with E-state index in [-0.39, 0.29) is 0 Å². The second kappa shape index (κ2) is 6.83. The van der Waals surface area contributed by atoms with Gasteiger partial charge in [-0.2, -0.15) is 0 Å². The van der Waals surface area contributed by atoms with Gasteiger partial charge >= 0.3 is 0 Å². The first-order valence-corrected chi connectivity index (χ1v) is 7.46. The van der Waals surface area contributed by atoms with E-state index in [1.54, 1.807) is 6.20 Å². The summed E-state index contributed by atoms with van der Waals surface area (Å²) in [5.74, 6) is 1.61. The van der Waals surface area contributed by atoms with Gasteiger partial charge in [-0.25, -0.2) is 4.98 Å². The first kappa shape index (κ1) is 14.9. The molecule has 3 rings (SSSR count). The number of aromatic nitrogens is 1. The van der Waals surface area contributed by atoms with Gasteiger partial charge < -0.3 is 15.8 Å². The zero-order valence-electron chi connectivity index (χ0n) is 13.0. The fraction of sp³-hybridized carbons (Fsp3) is 0.105. The Morgan fingerprint density at radius 3 is 2.48 bits per heavy atom. The van der Waals surface area contributed by atoms with Crippen LogP contribution >= 0.6 is 0 Å². The Morgan fingerprint density at radius 2 is 1.78 bits per heavy atom. The number of pyridine rings is 1. The lowest BCUT2D eigenvalue weighted by Crippen LogP contribution is -1.98. The SMILES string of the molecule is Cc1cc(Nc2ccc(OCc3ccccc3)cc2)ncc1N. The van der Waals surface area contributed by atoms with E-state index in [2.05, 4.69) is 10.3 Å². The fourth-order valence-electron chi connectivity index (χ4n) is 2.16. The number of hydrogen-bond donors (Lipinski definition) is 2. The van der Waals surface area contributed by atoms with Crippen molar-refractivity contribution < 1.29 is 4.74 Å². The molecule has 23 heavy (non-hydrogen) atoms. The lowest BCUT2D eigenvalue weighted by molar-refractivity contribution is 0.306. The monoisotopic (exact) mass is 305 g/mol. The lowest BCUT2D eigenvalue weighted by Gasteiger charge is -2.09. The maximum absolute atomic E-state index is 5.78. The summed E-state index contributed by atoms with van der Waals surface area (Å²) in [6, 6.07) is 19.8. The Labute approximate surface area is 135 Å². The minimum atomic E-state index is 0.562. The predicted molar refractivity (Wildman–Crippen MR) is 93.9 cm³/mol. The summed E-state index contributed by atoms with van der Waals surface area (Å²) in [4.78, 5) is 4.27. The van der Waals surface area contributed by atoms with Crippen LogP contribution in [0.4, 0.5) is 17.2 Å². The van der Waals surface area contributed by atoms with Gasteiger partial charge in [0.1, 0.15) is 18.2 Å². The van der Waals surface area contributed by atoms with Crippen molar-refractivity contribution in [2.75, 3.05) is 11.1 Å². The highest BCUT2D eigenvalue weighted by molar-refractivity contribution is 5.60. The Bertz CT molecular complexity index is 770. The molecule has 0 aliphatic heterocycles. The number of hydrogen-bond acceptors (Lipinski definition) is 4. The Morgan fingerprint density at radius 1 is 1.04 bits per heavy atom. The van der Waals surface area contributed by atoms with E-state index in [0.29, 0.717) is 12.3 Å². The molecule has 0 fully saturated rings. The third-order valence-electron chi connectivity index (χ3n) is 3.53. The molecular formula is C19H19N3O. The van der Waals surface area contributed by atoms with Gasteiger partial charge in [0.2, 0.25) is 0 Å². The highest BCUT2D eigenvalue weighted by atomic mass is 16.5. The van der Waals surface area contributed by atoms with Gasteiger partial charge in [-0.15, -0.1) is 0 Å². The lowest BCUT2D eigenvalue weighted by atomic mass is 10.2. The molecule has 3 N–H and O–H groups in total. The second-order valence-corrected chi connectivity index (χ2v) is 5.35. The molecule has 0 aliphatic carbocycles. The van der Waals surface area contributed by atoms with E-state index in [9.17, 15) is 0 Å². The smallest absolute Gasteiger partial charge is 0.130 e. The van der Waals surface area contributed by atoms with Crippen LogP contribution in [0.15, 0.2) is 66.9 Å². The van der Waals surface area contributed by atoms with Gasteiger partial charge in [0, 0.05) is 5.69 Å². The summed E-state index contributed by atoms with van der Waals surface area (Å²) in [7, 11) is 0. The minimum Gasteiger partial charge on any atom is -0.489 e. The number of nitrogen functional groups attached to an aromatic ring is 1. The van der Waals surface area contributed by atoms with Crippen molar-refractivity contribution in [3.8, 4) is 5.75 Å². The molecule has 0 unspecified atom stereocenters. The predicted octanol–water partition coefficient (Wildman–Crippen LogP) is 4.29. The molecule has 1 heterocycles. The van der Waals surface area contributed by atoms with Crippen molar-refractivity contribution in [3.63, 3.8) is 0 Å². The normalized spacial score (nSPS) is 10.3. The van der Waals surface area contributed by atoms with Gasteiger partial charge in [0.25, 0.3) is 0 Å². The zero-order valence-corrected chi connectivity index (χ0v) is 13.0. The third kappa shape index (κ3) is 4.01. The van der Waals surface area contributed by atoms with Crippen LogP contribution in [0.25, 0.3) is 0 Å². The van der Waals surface area contributed by atoms with Crippen molar-refractivity contribution in [3.05, 3.63) is 78.0 Å². The average Bonchev–Trinajstić information content (AvgIpc) is 2.58. The topological polar surface area (TPSA) is 60.2 Å². The number of anilines is 3. The zero-order chi connectivity index (χ0) is 16.1. The summed E-state index contributed by atoms with van der Waals surface area (Å²) >= 11 is 0. The quantitative estimate of drug-likeness (QED) is 0.738. The van der Waals surface area contributed by atoms with Crippen molar-refractivity contribution >= 4 is 17.2 Å². The maximum Gasteiger partial charge on any atom is 0.130 e. The highest BCUT2D eigenvalue weighted by Crippen LogP contribution is 2.21. The molecule has 4 heteroatoms. The molecular weight excluding hydrogens is 286 g/mol. The van der Waals surface area contributed by atoms with Crippen LogP contribution in [-0.2, 0) is 6.61 Å². The molecule has 0 bridgehead atoms. The van der Waals surface area contributed by atoms with E-state index < -0.39 is 0 Å². The van der Waals surface area contributed by atoms with E-state index in [1.165, 1.54) is 0 Å². The van der Waals surface area contributed by atoms with Crippen LogP contribution in [0.2, 0.25) is 0 Å². The van der Waals surface area contributed by atoms with E-state index in [4.69, 9.17) is 10.5 Å². The molecule has 3 aromatic rings. The molecule has 0 spiro atoms. The Hall–Kier alpha value is -3.01. The number of aryl methyl sites for hydroxylation is 1. The summed E-state index contributed by atoms with van der Waals surface area (Å²) in [6.45, 7) is 2.52. The van der Waals surface area contributed by atoms with Gasteiger partial charge in [-0.3, -0.25) is 0 Å². The van der Waals surface area contributed by atoms with Gasteiger partial charge in [0.05, 0.1) is 11.9 Å². The molecule has 0 amide bonds. The fourth-order valence-corrected chi connectivity index (χ4v) is 2.16. The molecule has 4 nitrogen and oxygen atoms in total. The van der Waals surface area contributed by atoms with Crippen molar-refractivity contribution in [2.24, 2.45) is 0 Å². The van der Waals surface area contributed by atoms with Crippen molar-refractivity contribution in [1.82, 2.24) is 4.98 Å². The van der Waals surface area contributed by atoms with Gasteiger partial charge in [-0.1, -0.05) is 30.3 Å². The molecule has 0 atom stereocenters. The largest absolute Gasteiger partial charge is 0.489 e. The summed E-state index contributed by atoms with van der Waals surface area (Å²) < 4.78 is 5.77. The molecule has 0 saturated heterocycles. The van der Waals surface area contributed by atoms with Crippen molar-refractivity contribution in [1.29, 1.82) is 0 Å². The summed E-state index contributed by atoms with van der Waals surface area (Å²) in [6.07, 6.45) is 1.66. The number of nitrogens with two attached hydrogens (primary N) is 1. The molecule has 1 aromatic heterocycles. The number of benzene rings is 2. The van der Waals surface area contributed by atoms with Crippen LogP contribution in [-0.4, -0.2) is 4.98 Å². The van der Waals surface area contributed by atoms with E-state index in [0.717, 1.165) is 28.4 Å². The number of nitrogens with one attached hydrogen (secondary N) is 1. The first-order chi connectivity index (χ1) is 11.2. The number of ether oxygens (including phenoxy) is 1. The maximum atomic E-state index is 5.78. The van der Waals surface area contributed by atoms with E-state index >= 15 is 0 Å². The Kier molecular flexibility index (Phi) is 4.43. The molecule has 0 aliphatic rings. The highest BCUT2D eigenvalue weighted by Gasteiger charge is 2.00. The van der Waals surface area contributed by atoms with Crippen LogP contribution in [0.1, 0.15) is 11.1 Å². The molecule has 2 aromatic carbocycles. The van der Waals surface area contributed by atoms with Crippen LogP contribution < -0.4 is 15.8 Å². The summed E-state index contributed by atoms with van der Waals surface area (Å²) in [5.41, 5.74) is 9.58.